The van der Waals surface area contributed by atoms with Crippen LogP contribution in [-0.4, -0.2) is 26.5 Å². The fourth-order valence-corrected chi connectivity index (χ4v) is 3.57. The van der Waals surface area contributed by atoms with E-state index < -0.39 is 14.4 Å². The zero-order valence-corrected chi connectivity index (χ0v) is 13.9. The summed E-state index contributed by atoms with van der Waals surface area (Å²) in [5, 5.41) is 7.72. The molecule has 0 bridgehead atoms. The lowest BCUT2D eigenvalue weighted by molar-refractivity contribution is 0.106. The van der Waals surface area contributed by atoms with Crippen LogP contribution in [0.1, 0.15) is 40.0 Å². The van der Waals surface area contributed by atoms with Crippen molar-refractivity contribution in [2.75, 3.05) is 0 Å². The molecular weight excluding hydrogens is 272 g/mol. The molecule has 0 heterocycles. The van der Waals surface area contributed by atoms with Gasteiger partial charge in [-0.2, -0.15) is 0 Å². The molecule has 0 radical (unpaired) electrons. The normalized spacial score (nSPS) is 27.4. The number of hydrogen-bond donors (Lipinski definition) is 0. The molecular formula is C12H24N6OSi. The van der Waals surface area contributed by atoms with Gasteiger partial charge in [-0.3, -0.25) is 0 Å². The van der Waals surface area contributed by atoms with E-state index in [9.17, 15) is 0 Å². The molecule has 0 aromatic rings. The Balaban J connectivity index is 2.96. The van der Waals surface area contributed by atoms with Gasteiger partial charge in [-0.15, -0.1) is 0 Å². The fraction of sp³-hybridized carbons (Fsp3) is 1.00. The van der Waals surface area contributed by atoms with Crippen LogP contribution in [0.25, 0.3) is 20.9 Å². The van der Waals surface area contributed by atoms with Crippen LogP contribution in [0, 0.1) is 0 Å². The second-order valence-electron chi connectivity index (χ2n) is 6.82. The van der Waals surface area contributed by atoms with Gasteiger partial charge in [0.05, 0.1) is 12.1 Å². The first kappa shape index (κ1) is 16.9. The topological polar surface area (TPSA) is 107 Å². The molecule has 1 fully saturated rings. The van der Waals surface area contributed by atoms with Gasteiger partial charge < -0.3 is 4.43 Å². The lowest BCUT2D eigenvalue weighted by atomic mass is 9.89. The van der Waals surface area contributed by atoms with Crippen LogP contribution in [-0.2, 0) is 4.43 Å². The third kappa shape index (κ3) is 3.90. The highest BCUT2D eigenvalue weighted by molar-refractivity contribution is 6.74. The Labute approximate surface area is 121 Å². The van der Waals surface area contributed by atoms with E-state index in [1.54, 1.807) is 0 Å². The molecule has 0 saturated heterocycles. The Kier molecular flexibility index (Phi) is 5.47. The number of rotatable bonds is 4. The molecule has 0 aromatic heterocycles. The van der Waals surface area contributed by atoms with Crippen LogP contribution in [0.4, 0.5) is 0 Å². The molecule has 1 saturated carbocycles. The Morgan fingerprint density at radius 3 is 2.20 bits per heavy atom. The van der Waals surface area contributed by atoms with Gasteiger partial charge in [-0.25, -0.2) is 0 Å². The van der Waals surface area contributed by atoms with Crippen molar-refractivity contribution < 1.29 is 4.43 Å². The summed E-state index contributed by atoms with van der Waals surface area (Å²) in [6, 6.07) is -0.682. The molecule has 0 amide bonds. The first-order valence-corrected chi connectivity index (χ1v) is 9.90. The second-order valence-corrected chi connectivity index (χ2v) is 11.6. The van der Waals surface area contributed by atoms with Gasteiger partial charge in [0, 0.05) is 15.9 Å². The van der Waals surface area contributed by atoms with E-state index in [-0.39, 0.29) is 17.2 Å². The van der Waals surface area contributed by atoms with Gasteiger partial charge in [-0.1, -0.05) is 37.4 Å². The molecule has 1 aliphatic rings. The zero-order chi connectivity index (χ0) is 15.4. The van der Waals surface area contributed by atoms with Crippen LogP contribution in [0.2, 0.25) is 18.1 Å². The van der Waals surface area contributed by atoms with Crippen molar-refractivity contribution in [1.29, 1.82) is 0 Å². The highest BCUT2D eigenvalue weighted by Crippen LogP contribution is 2.40. The number of hydrogen-bond acceptors (Lipinski definition) is 3. The summed E-state index contributed by atoms with van der Waals surface area (Å²) in [7, 11) is -1.93. The molecule has 8 heteroatoms. The predicted octanol–water partition coefficient (Wildman–Crippen LogP) is 4.92. The highest BCUT2D eigenvalue weighted by atomic mass is 28.4. The average molecular weight is 296 g/mol. The van der Waals surface area contributed by atoms with Gasteiger partial charge in [0.15, 0.2) is 8.32 Å². The Morgan fingerprint density at radius 1 is 1.10 bits per heavy atom. The van der Waals surface area contributed by atoms with Crippen LogP contribution in [0.3, 0.4) is 0 Å². The Hall–Kier alpha value is -1.20. The summed E-state index contributed by atoms with van der Waals surface area (Å²) in [6.07, 6.45) is 2.40. The molecule has 3 atom stereocenters. The molecule has 112 valence electrons. The smallest absolute Gasteiger partial charge is 0.192 e. The maximum absolute atomic E-state index is 8.76. The highest BCUT2D eigenvalue weighted by Gasteiger charge is 2.42. The average Bonchev–Trinajstić information content (AvgIpc) is 2.32. The first-order chi connectivity index (χ1) is 9.23. The van der Waals surface area contributed by atoms with Crippen molar-refractivity contribution in [3.8, 4) is 0 Å². The summed E-state index contributed by atoms with van der Waals surface area (Å²) >= 11 is 0. The van der Waals surface area contributed by atoms with Gasteiger partial charge >= 0.3 is 0 Å². The predicted molar refractivity (Wildman–Crippen MR) is 81.8 cm³/mol. The SMILES string of the molecule is CC(C)(C)[Si](C)(C)OC1CCCC(N=[N+]=[N-])C1N=[N+]=[N-]. The van der Waals surface area contributed by atoms with E-state index in [1.807, 2.05) is 0 Å². The molecule has 1 aliphatic carbocycles. The second kappa shape index (κ2) is 6.50. The minimum absolute atomic E-state index is 0.0966. The summed E-state index contributed by atoms with van der Waals surface area (Å²) in [5.74, 6) is 0. The van der Waals surface area contributed by atoms with Crippen molar-refractivity contribution >= 4 is 8.32 Å². The van der Waals surface area contributed by atoms with Crippen molar-refractivity contribution in [1.82, 2.24) is 0 Å². The minimum atomic E-state index is -1.93. The quantitative estimate of drug-likeness (QED) is 0.312. The molecule has 1 rings (SSSR count). The molecule has 3 unspecified atom stereocenters. The standard InChI is InChI=1S/C12H24N6OSi/c1-12(2,3)20(4,5)19-10-8-6-7-9(15-17-13)11(10)16-18-14/h9-11H,6-8H2,1-5H3. The number of azide groups is 2. The van der Waals surface area contributed by atoms with E-state index in [4.69, 9.17) is 15.5 Å². The van der Waals surface area contributed by atoms with Gasteiger partial charge in [0.25, 0.3) is 0 Å². The summed E-state index contributed by atoms with van der Waals surface area (Å²) in [4.78, 5) is 5.78. The van der Waals surface area contributed by atoms with Crippen LogP contribution < -0.4 is 0 Å². The van der Waals surface area contributed by atoms with Gasteiger partial charge in [0.1, 0.15) is 0 Å². The van der Waals surface area contributed by atoms with Crippen molar-refractivity contribution in [2.45, 2.75) is 76.4 Å². The van der Waals surface area contributed by atoms with Gasteiger partial charge in [-0.05, 0) is 42.0 Å². The lowest BCUT2D eigenvalue weighted by Gasteiger charge is -2.43. The molecule has 0 spiro atoms. The van der Waals surface area contributed by atoms with Crippen LogP contribution in [0.15, 0.2) is 10.2 Å². The maximum atomic E-state index is 8.76. The van der Waals surface area contributed by atoms with Crippen LogP contribution >= 0.6 is 0 Å². The van der Waals surface area contributed by atoms with Crippen molar-refractivity contribution in [3.05, 3.63) is 20.9 Å². The third-order valence-electron chi connectivity index (χ3n) is 4.40. The fourth-order valence-electron chi connectivity index (χ4n) is 2.20. The number of nitrogens with zero attached hydrogens (tertiary/aromatic N) is 6. The summed E-state index contributed by atoms with van der Waals surface area (Å²) in [5.41, 5.74) is 17.4. The van der Waals surface area contributed by atoms with E-state index in [1.165, 1.54) is 0 Å². The van der Waals surface area contributed by atoms with E-state index in [0.717, 1.165) is 19.3 Å². The zero-order valence-electron chi connectivity index (χ0n) is 12.9. The maximum Gasteiger partial charge on any atom is 0.192 e. The monoisotopic (exact) mass is 296 g/mol. The minimum Gasteiger partial charge on any atom is -0.414 e. The lowest BCUT2D eigenvalue weighted by Crippen LogP contribution is -2.50. The summed E-state index contributed by atoms with van der Waals surface area (Å²) in [6.45, 7) is 10.9. The molecule has 0 N–H and O–H groups in total. The van der Waals surface area contributed by atoms with E-state index in [2.05, 4.69) is 53.9 Å². The van der Waals surface area contributed by atoms with E-state index in [0.29, 0.717) is 0 Å². The molecule has 0 aliphatic heterocycles. The van der Waals surface area contributed by atoms with E-state index >= 15 is 0 Å². The Bertz CT molecular complexity index is 434. The summed E-state index contributed by atoms with van der Waals surface area (Å²) < 4.78 is 6.38. The first-order valence-electron chi connectivity index (χ1n) is 6.99. The Morgan fingerprint density at radius 2 is 1.70 bits per heavy atom. The van der Waals surface area contributed by atoms with Crippen molar-refractivity contribution in [2.24, 2.45) is 10.2 Å². The molecule has 7 nitrogen and oxygen atoms in total. The van der Waals surface area contributed by atoms with Crippen LogP contribution in [0.5, 0.6) is 0 Å². The third-order valence-corrected chi connectivity index (χ3v) is 8.91. The largest absolute Gasteiger partial charge is 0.414 e. The van der Waals surface area contributed by atoms with Gasteiger partial charge in [0.2, 0.25) is 0 Å². The molecule has 20 heavy (non-hydrogen) atoms. The molecule has 0 aromatic carbocycles. The van der Waals surface area contributed by atoms with Crippen molar-refractivity contribution in [3.63, 3.8) is 0 Å².